The number of hydrogen-bond donors (Lipinski definition) is 1. The maximum atomic E-state index is 4.91. The molecule has 0 aromatic rings. The molecule has 0 rings (SSSR count). The molecule has 1 N–H and O–H groups in total. The van der Waals surface area contributed by atoms with Gasteiger partial charge in [0.05, 0.1) is 0 Å². The summed E-state index contributed by atoms with van der Waals surface area (Å²) < 4.78 is 4.91. The summed E-state index contributed by atoms with van der Waals surface area (Å²) in [5.41, 5.74) is 1.11. The van der Waals surface area contributed by atoms with Crippen LogP contribution in [-0.2, 0) is 4.74 Å². The van der Waals surface area contributed by atoms with Crippen LogP contribution < -0.4 is 5.32 Å². The van der Waals surface area contributed by atoms with Crippen molar-refractivity contribution in [2.75, 3.05) is 20.8 Å². The zero-order valence-corrected chi connectivity index (χ0v) is 6.94. The van der Waals surface area contributed by atoms with Crippen molar-refractivity contribution in [3.8, 4) is 0 Å². The molecule has 0 heterocycles. The maximum Gasteiger partial charge on any atom is 0.0462 e. The second-order valence-corrected chi connectivity index (χ2v) is 2.30. The van der Waals surface area contributed by atoms with Crippen LogP contribution in [0.15, 0.2) is 12.3 Å². The molecule has 0 saturated carbocycles. The predicted octanol–water partition coefficient (Wildman–Crippen LogP) is 1.54. The Hall–Kier alpha value is -0.500. The summed E-state index contributed by atoms with van der Waals surface area (Å²) in [5.74, 6) is 0. The van der Waals surface area contributed by atoms with E-state index in [0.29, 0.717) is 0 Å². The van der Waals surface area contributed by atoms with Gasteiger partial charge in [0.2, 0.25) is 0 Å². The minimum absolute atomic E-state index is 0.858. The van der Waals surface area contributed by atoms with Gasteiger partial charge in [-0.1, -0.05) is 6.58 Å². The van der Waals surface area contributed by atoms with Crippen molar-refractivity contribution in [3.05, 3.63) is 12.3 Å². The molecule has 0 amide bonds. The van der Waals surface area contributed by atoms with Gasteiger partial charge in [0.1, 0.15) is 0 Å². The number of rotatable bonds is 6. The van der Waals surface area contributed by atoms with Crippen molar-refractivity contribution in [1.82, 2.24) is 5.32 Å². The molecular weight excluding hydrogens is 126 g/mol. The third kappa shape index (κ3) is 5.63. The molecule has 0 saturated heterocycles. The first kappa shape index (κ1) is 9.50. The van der Waals surface area contributed by atoms with Gasteiger partial charge in [0.25, 0.3) is 0 Å². The molecule has 0 aliphatic heterocycles. The SMILES string of the molecule is C=C(CCCCOC)NC. The summed E-state index contributed by atoms with van der Waals surface area (Å²) in [6.07, 6.45) is 3.34. The molecule has 0 aliphatic carbocycles. The predicted molar refractivity (Wildman–Crippen MR) is 43.9 cm³/mol. The summed E-state index contributed by atoms with van der Waals surface area (Å²) in [5, 5.41) is 3.01. The topological polar surface area (TPSA) is 21.3 Å². The minimum Gasteiger partial charge on any atom is -0.392 e. The van der Waals surface area contributed by atoms with Crippen molar-refractivity contribution < 1.29 is 4.74 Å². The second kappa shape index (κ2) is 6.62. The zero-order chi connectivity index (χ0) is 7.82. The summed E-state index contributed by atoms with van der Waals surface area (Å²) in [7, 11) is 3.63. The Labute approximate surface area is 63.3 Å². The molecule has 0 aliphatic rings. The van der Waals surface area contributed by atoms with Gasteiger partial charge < -0.3 is 10.1 Å². The van der Waals surface area contributed by atoms with Crippen molar-refractivity contribution in [2.24, 2.45) is 0 Å². The lowest BCUT2D eigenvalue weighted by Crippen LogP contribution is -2.03. The fraction of sp³-hybridized carbons (Fsp3) is 0.750. The lowest BCUT2D eigenvalue weighted by Gasteiger charge is -2.02. The van der Waals surface area contributed by atoms with Crippen molar-refractivity contribution in [1.29, 1.82) is 0 Å². The maximum absolute atomic E-state index is 4.91. The van der Waals surface area contributed by atoms with Crippen molar-refractivity contribution >= 4 is 0 Å². The molecule has 0 aromatic carbocycles. The Kier molecular flexibility index (Phi) is 6.29. The van der Waals surface area contributed by atoms with Gasteiger partial charge in [-0.15, -0.1) is 0 Å². The Bertz CT molecular complexity index is 91.3. The summed E-state index contributed by atoms with van der Waals surface area (Å²) in [6.45, 7) is 4.68. The molecule has 0 fully saturated rings. The van der Waals surface area contributed by atoms with Crippen LogP contribution in [0.2, 0.25) is 0 Å². The Morgan fingerprint density at radius 2 is 2.20 bits per heavy atom. The van der Waals surface area contributed by atoms with Crippen molar-refractivity contribution in [2.45, 2.75) is 19.3 Å². The number of allylic oxidation sites excluding steroid dienone is 1. The largest absolute Gasteiger partial charge is 0.392 e. The second-order valence-electron chi connectivity index (χ2n) is 2.30. The lowest BCUT2D eigenvalue weighted by molar-refractivity contribution is 0.193. The number of ether oxygens (including phenoxy) is 1. The zero-order valence-electron chi connectivity index (χ0n) is 6.94. The fourth-order valence-corrected chi connectivity index (χ4v) is 0.710. The van der Waals surface area contributed by atoms with E-state index in [1.807, 2.05) is 7.05 Å². The van der Waals surface area contributed by atoms with Crippen LogP contribution in [0.4, 0.5) is 0 Å². The normalized spacial score (nSPS) is 9.40. The van der Waals surface area contributed by atoms with E-state index >= 15 is 0 Å². The molecule has 2 heteroatoms. The number of hydrogen-bond acceptors (Lipinski definition) is 2. The monoisotopic (exact) mass is 143 g/mol. The molecule has 0 spiro atoms. The van der Waals surface area contributed by atoms with E-state index in [9.17, 15) is 0 Å². The van der Waals surface area contributed by atoms with E-state index in [1.54, 1.807) is 7.11 Å². The standard InChI is InChI=1S/C8H17NO/c1-8(9-2)6-4-5-7-10-3/h9H,1,4-7H2,2-3H3. The fourth-order valence-electron chi connectivity index (χ4n) is 0.710. The van der Waals surface area contributed by atoms with Crippen LogP contribution in [0.5, 0.6) is 0 Å². The average molecular weight is 143 g/mol. The van der Waals surface area contributed by atoms with E-state index < -0.39 is 0 Å². The van der Waals surface area contributed by atoms with Gasteiger partial charge in [-0.3, -0.25) is 0 Å². The third-order valence-corrected chi connectivity index (χ3v) is 1.43. The molecule has 0 atom stereocenters. The molecule has 10 heavy (non-hydrogen) atoms. The highest BCUT2D eigenvalue weighted by molar-refractivity contribution is 4.88. The number of methoxy groups -OCH3 is 1. The first-order valence-corrected chi connectivity index (χ1v) is 3.65. The van der Waals surface area contributed by atoms with E-state index in [0.717, 1.165) is 31.6 Å². The van der Waals surface area contributed by atoms with Gasteiger partial charge >= 0.3 is 0 Å². The van der Waals surface area contributed by atoms with Crippen molar-refractivity contribution in [3.63, 3.8) is 0 Å². The van der Waals surface area contributed by atoms with E-state index in [-0.39, 0.29) is 0 Å². The molecule has 2 nitrogen and oxygen atoms in total. The molecule has 0 unspecified atom stereocenters. The Morgan fingerprint density at radius 1 is 1.50 bits per heavy atom. The van der Waals surface area contributed by atoms with Crippen LogP contribution in [0.3, 0.4) is 0 Å². The van der Waals surface area contributed by atoms with Crippen LogP contribution in [0.1, 0.15) is 19.3 Å². The van der Waals surface area contributed by atoms with Crippen LogP contribution in [0.25, 0.3) is 0 Å². The first-order chi connectivity index (χ1) is 4.81. The molecule has 0 bridgehead atoms. The highest BCUT2D eigenvalue weighted by Gasteiger charge is 1.89. The quantitative estimate of drug-likeness (QED) is 0.569. The smallest absolute Gasteiger partial charge is 0.0462 e. The third-order valence-electron chi connectivity index (χ3n) is 1.43. The van der Waals surface area contributed by atoms with Gasteiger partial charge in [-0.2, -0.15) is 0 Å². The van der Waals surface area contributed by atoms with Crippen LogP contribution in [-0.4, -0.2) is 20.8 Å². The summed E-state index contributed by atoms with van der Waals surface area (Å²) >= 11 is 0. The van der Waals surface area contributed by atoms with Crippen LogP contribution >= 0.6 is 0 Å². The Morgan fingerprint density at radius 3 is 2.70 bits per heavy atom. The molecule has 0 aromatic heterocycles. The highest BCUT2D eigenvalue weighted by atomic mass is 16.5. The van der Waals surface area contributed by atoms with Crippen LogP contribution in [0, 0.1) is 0 Å². The van der Waals surface area contributed by atoms with E-state index in [4.69, 9.17) is 4.74 Å². The minimum atomic E-state index is 0.858. The van der Waals surface area contributed by atoms with E-state index in [1.165, 1.54) is 0 Å². The number of unbranched alkanes of at least 4 members (excludes halogenated alkanes) is 1. The number of nitrogens with one attached hydrogen (secondary N) is 1. The summed E-state index contributed by atoms with van der Waals surface area (Å²) in [4.78, 5) is 0. The average Bonchev–Trinajstić information content (AvgIpc) is 1.98. The van der Waals surface area contributed by atoms with Gasteiger partial charge in [-0.05, 0) is 19.3 Å². The highest BCUT2D eigenvalue weighted by Crippen LogP contribution is 2.00. The lowest BCUT2D eigenvalue weighted by atomic mass is 10.2. The van der Waals surface area contributed by atoms with E-state index in [2.05, 4.69) is 11.9 Å². The molecule has 0 radical (unpaired) electrons. The molecule has 60 valence electrons. The summed E-state index contributed by atoms with van der Waals surface area (Å²) in [6, 6.07) is 0. The first-order valence-electron chi connectivity index (χ1n) is 3.65. The Balaban J connectivity index is 2.96. The molecular formula is C8H17NO. The van der Waals surface area contributed by atoms with Gasteiger partial charge in [0, 0.05) is 26.5 Å². The van der Waals surface area contributed by atoms with Gasteiger partial charge in [0.15, 0.2) is 0 Å². The van der Waals surface area contributed by atoms with Gasteiger partial charge in [-0.25, -0.2) is 0 Å².